The van der Waals surface area contributed by atoms with Gasteiger partial charge in [-0.1, -0.05) is 60.1 Å². The summed E-state index contributed by atoms with van der Waals surface area (Å²) >= 11 is 6.30. The number of nitrogens with one attached hydrogen (secondary N) is 2. The number of benzene rings is 3. The van der Waals surface area contributed by atoms with Gasteiger partial charge in [0.2, 0.25) is 0 Å². The maximum Gasteiger partial charge on any atom is 0.323 e. The molecule has 1 saturated heterocycles. The summed E-state index contributed by atoms with van der Waals surface area (Å²) in [6.07, 6.45) is 0.445. The number of halogens is 1. The fraction of sp³-hybridized carbons (Fsp3) is 0.241. The maximum absolute atomic E-state index is 13.6. The predicted octanol–water partition coefficient (Wildman–Crippen LogP) is 5.04. The molecule has 0 spiro atoms. The monoisotopic (exact) mass is 517 g/mol. The van der Waals surface area contributed by atoms with Gasteiger partial charge in [0.1, 0.15) is 17.5 Å². The Morgan fingerprint density at radius 2 is 1.81 bits per heavy atom. The van der Waals surface area contributed by atoms with Crippen LogP contribution < -0.4 is 10.1 Å². The number of esters is 1. The average Bonchev–Trinajstić information content (AvgIpc) is 3.50. The van der Waals surface area contributed by atoms with Crippen LogP contribution in [0.15, 0.2) is 72.8 Å². The Balaban J connectivity index is 1.42. The number of hydrogen-bond acceptors (Lipinski definition) is 5. The molecule has 4 aromatic rings. The third-order valence-electron chi connectivity index (χ3n) is 6.83. The van der Waals surface area contributed by atoms with Crippen LogP contribution in [0.2, 0.25) is 5.02 Å². The maximum atomic E-state index is 13.6. The van der Waals surface area contributed by atoms with Crippen molar-refractivity contribution in [1.82, 2.24) is 15.2 Å². The average molecular weight is 518 g/mol. The zero-order valence-electron chi connectivity index (χ0n) is 20.7. The number of hydrogen-bond donors (Lipinski definition) is 2. The number of likely N-dealkylation sites (tertiary alicyclic amines) is 1. The zero-order chi connectivity index (χ0) is 25.9. The summed E-state index contributed by atoms with van der Waals surface area (Å²) in [4.78, 5) is 31.6. The molecule has 0 bridgehead atoms. The Morgan fingerprint density at radius 1 is 1.05 bits per heavy atom. The first-order valence-corrected chi connectivity index (χ1v) is 12.5. The summed E-state index contributed by atoms with van der Waals surface area (Å²) < 4.78 is 10.6. The minimum absolute atomic E-state index is 0.237. The molecule has 1 aliphatic rings. The van der Waals surface area contributed by atoms with E-state index in [0.717, 1.165) is 33.3 Å². The molecule has 5 rings (SSSR count). The number of amides is 1. The molecule has 3 aromatic carbocycles. The highest BCUT2D eigenvalue weighted by Gasteiger charge is 2.39. The van der Waals surface area contributed by atoms with E-state index < -0.39 is 6.04 Å². The molecule has 0 saturated carbocycles. The first-order chi connectivity index (χ1) is 18.0. The Hall–Kier alpha value is -3.81. The fourth-order valence-corrected chi connectivity index (χ4v) is 5.29. The first kappa shape index (κ1) is 24.9. The second-order valence-corrected chi connectivity index (χ2v) is 9.55. The SMILES string of the molecule is COC(=O)[C@@H]1C[C@H](NC(=O)c2[nH]c3ccc(Cl)cc3c2-c2ccccc2)CN1Cc1ccccc1OC. The molecule has 2 heterocycles. The molecule has 1 aromatic heterocycles. The van der Waals surface area contributed by atoms with Crippen molar-refractivity contribution >= 4 is 34.4 Å². The highest BCUT2D eigenvalue weighted by molar-refractivity contribution is 6.31. The van der Waals surface area contributed by atoms with Crippen LogP contribution in [0, 0.1) is 0 Å². The number of para-hydroxylation sites is 1. The van der Waals surface area contributed by atoms with Crippen LogP contribution in [0.5, 0.6) is 5.75 Å². The zero-order valence-corrected chi connectivity index (χ0v) is 21.4. The van der Waals surface area contributed by atoms with Crippen LogP contribution in [0.4, 0.5) is 0 Å². The molecule has 1 aliphatic heterocycles. The number of fused-ring (bicyclic) bond motifs is 1. The van der Waals surface area contributed by atoms with Crippen molar-refractivity contribution in [3.63, 3.8) is 0 Å². The highest BCUT2D eigenvalue weighted by Crippen LogP contribution is 2.34. The minimum Gasteiger partial charge on any atom is -0.496 e. The number of aromatic amines is 1. The summed E-state index contributed by atoms with van der Waals surface area (Å²) in [7, 11) is 3.01. The second-order valence-electron chi connectivity index (χ2n) is 9.12. The number of H-pyrrole nitrogens is 1. The van der Waals surface area contributed by atoms with E-state index in [0.29, 0.717) is 30.2 Å². The van der Waals surface area contributed by atoms with Gasteiger partial charge >= 0.3 is 5.97 Å². The molecule has 8 heteroatoms. The van der Waals surface area contributed by atoms with Gasteiger partial charge in [-0.05, 0) is 36.2 Å². The van der Waals surface area contributed by atoms with Crippen molar-refractivity contribution in [3.05, 3.63) is 89.1 Å². The summed E-state index contributed by atoms with van der Waals surface area (Å²) in [5, 5.41) is 4.62. The van der Waals surface area contributed by atoms with Crippen LogP contribution in [0.3, 0.4) is 0 Å². The van der Waals surface area contributed by atoms with E-state index in [2.05, 4.69) is 10.3 Å². The van der Waals surface area contributed by atoms with Gasteiger partial charge in [-0.25, -0.2) is 0 Å². The van der Waals surface area contributed by atoms with Gasteiger partial charge in [-0.15, -0.1) is 0 Å². The van der Waals surface area contributed by atoms with E-state index in [9.17, 15) is 9.59 Å². The molecule has 0 aliphatic carbocycles. The van der Waals surface area contributed by atoms with E-state index in [1.807, 2.05) is 71.6 Å². The normalized spacial score (nSPS) is 17.6. The standard InChI is InChI=1S/C29H28ClN3O4/c1-36-25-11-7-6-10-19(25)16-33-17-21(15-24(33)29(35)37-2)31-28(34)27-26(18-8-4-3-5-9-18)22-14-20(30)12-13-23(22)32-27/h3-14,21,24,32H,15-17H2,1-2H3,(H,31,34)/t21-,24-/m0/s1. The lowest BCUT2D eigenvalue weighted by molar-refractivity contribution is -0.146. The van der Waals surface area contributed by atoms with Crippen LogP contribution in [-0.4, -0.2) is 54.6 Å². The van der Waals surface area contributed by atoms with Crippen molar-refractivity contribution in [1.29, 1.82) is 0 Å². The van der Waals surface area contributed by atoms with Crippen molar-refractivity contribution in [3.8, 4) is 16.9 Å². The van der Waals surface area contributed by atoms with Crippen LogP contribution >= 0.6 is 11.6 Å². The molecule has 2 atom stereocenters. The number of nitrogens with zero attached hydrogens (tertiary/aromatic N) is 1. The number of ether oxygens (including phenoxy) is 2. The van der Waals surface area contributed by atoms with Crippen molar-refractivity contribution in [2.75, 3.05) is 20.8 Å². The molecule has 0 radical (unpaired) electrons. The molecular weight excluding hydrogens is 490 g/mol. The molecule has 1 fully saturated rings. The van der Waals surface area contributed by atoms with E-state index >= 15 is 0 Å². The molecule has 1 amide bonds. The van der Waals surface area contributed by atoms with Gasteiger partial charge in [-0.3, -0.25) is 14.5 Å². The molecular formula is C29H28ClN3O4. The number of aromatic nitrogens is 1. The predicted molar refractivity (Wildman–Crippen MR) is 144 cm³/mol. The number of carbonyl (C=O) groups is 2. The van der Waals surface area contributed by atoms with Gasteiger partial charge in [0.25, 0.3) is 5.91 Å². The van der Waals surface area contributed by atoms with Crippen molar-refractivity contribution in [2.45, 2.75) is 25.0 Å². The molecule has 0 unspecified atom stereocenters. The lowest BCUT2D eigenvalue weighted by Crippen LogP contribution is -2.38. The summed E-state index contributed by atoms with van der Waals surface area (Å²) in [5.74, 6) is 0.193. The fourth-order valence-electron chi connectivity index (χ4n) is 5.11. The lowest BCUT2D eigenvalue weighted by Gasteiger charge is -2.23. The van der Waals surface area contributed by atoms with E-state index in [1.54, 1.807) is 13.2 Å². The Labute approximate surface area is 220 Å². The number of carbonyl (C=O) groups excluding carboxylic acids is 2. The van der Waals surface area contributed by atoms with Crippen molar-refractivity contribution in [2.24, 2.45) is 0 Å². The first-order valence-electron chi connectivity index (χ1n) is 12.1. The molecule has 190 valence electrons. The van der Waals surface area contributed by atoms with Gasteiger partial charge in [0, 0.05) is 46.2 Å². The molecule has 2 N–H and O–H groups in total. The third kappa shape index (κ3) is 5.05. The number of rotatable bonds is 7. The van der Waals surface area contributed by atoms with Crippen LogP contribution in [0.25, 0.3) is 22.0 Å². The lowest BCUT2D eigenvalue weighted by atomic mass is 10.0. The van der Waals surface area contributed by atoms with E-state index in [4.69, 9.17) is 21.1 Å². The second kappa shape index (κ2) is 10.7. The largest absolute Gasteiger partial charge is 0.496 e. The Kier molecular flexibility index (Phi) is 7.17. The minimum atomic E-state index is -0.477. The summed E-state index contributed by atoms with van der Waals surface area (Å²) in [6, 6.07) is 22.3. The van der Waals surface area contributed by atoms with Crippen LogP contribution in [-0.2, 0) is 16.1 Å². The van der Waals surface area contributed by atoms with Gasteiger partial charge in [0.05, 0.1) is 14.2 Å². The van der Waals surface area contributed by atoms with Gasteiger partial charge < -0.3 is 19.8 Å². The summed E-state index contributed by atoms with van der Waals surface area (Å²) in [5.41, 5.74) is 3.96. The van der Waals surface area contributed by atoms with Gasteiger partial charge in [0.15, 0.2) is 0 Å². The number of methoxy groups -OCH3 is 2. The highest BCUT2D eigenvalue weighted by atomic mass is 35.5. The van der Waals surface area contributed by atoms with Crippen LogP contribution in [0.1, 0.15) is 22.5 Å². The van der Waals surface area contributed by atoms with Gasteiger partial charge in [-0.2, -0.15) is 0 Å². The smallest absolute Gasteiger partial charge is 0.323 e. The third-order valence-corrected chi connectivity index (χ3v) is 7.06. The topological polar surface area (TPSA) is 83.7 Å². The van der Waals surface area contributed by atoms with Crippen molar-refractivity contribution < 1.29 is 19.1 Å². The van der Waals surface area contributed by atoms with E-state index in [-0.39, 0.29) is 17.9 Å². The van der Waals surface area contributed by atoms with E-state index in [1.165, 1.54) is 7.11 Å². The summed E-state index contributed by atoms with van der Waals surface area (Å²) in [6.45, 7) is 0.993. The Morgan fingerprint density at radius 3 is 2.57 bits per heavy atom. The quantitative estimate of drug-likeness (QED) is 0.335. The Bertz CT molecular complexity index is 1440. The molecule has 37 heavy (non-hydrogen) atoms. The molecule has 7 nitrogen and oxygen atoms in total.